The van der Waals surface area contributed by atoms with Crippen LogP contribution in [0.4, 0.5) is 5.69 Å². The van der Waals surface area contributed by atoms with Gasteiger partial charge in [0.15, 0.2) is 0 Å². The molecule has 3 nitrogen and oxygen atoms in total. The molecule has 1 aromatic heterocycles. The third-order valence-electron chi connectivity index (χ3n) is 4.93. The van der Waals surface area contributed by atoms with Gasteiger partial charge in [0.2, 0.25) is 0 Å². The van der Waals surface area contributed by atoms with E-state index in [9.17, 15) is 0 Å². The van der Waals surface area contributed by atoms with E-state index in [4.69, 9.17) is 10.5 Å². The topological polar surface area (TPSA) is 40.2 Å². The minimum atomic E-state index is 0.681. The standard InChI is InChI=1S/C21H23BrN2O/c1-2-25-17-9-10-18-19(13-17)24(12-11-14-3-4-14)21(20(18)22)15-5-7-16(23)8-6-15/h5-10,13-14H,2-4,11-12,23H2,1H3. The molecule has 0 amide bonds. The number of nitrogens with two attached hydrogens (primary N) is 1. The molecule has 2 aromatic carbocycles. The van der Waals surface area contributed by atoms with Crippen LogP contribution < -0.4 is 10.5 Å². The molecule has 0 unspecified atom stereocenters. The SMILES string of the molecule is CCOc1ccc2c(Br)c(-c3ccc(N)cc3)n(CCC3CC3)c2c1. The Hall–Kier alpha value is -1.94. The predicted octanol–water partition coefficient (Wildman–Crippen LogP) is 5.85. The molecule has 25 heavy (non-hydrogen) atoms. The lowest BCUT2D eigenvalue weighted by Gasteiger charge is -2.12. The van der Waals surface area contributed by atoms with Crippen LogP contribution in [0.5, 0.6) is 5.75 Å². The molecule has 1 aliphatic carbocycles. The highest BCUT2D eigenvalue weighted by molar-refractivity contribution is 9.10. The Bertz CT molecular complexity index is 894. The van der Waals surface area contributed by atoms with Gasteiger partial charge < -0.3 is 15.0 Å². The van der Waals surface area contributed by atoms with Gasteiger partial charge in [-0.05, 0) is 65.0 Å². The van der Waals surface area contributed by atoms with Crippen LogP contribution in [-0.2, 0) is 6.54 Å². The zero-order valence-electron chi connectivity index (χ0n) is 14.5. The van der Waals surface area contributed by atoms with Crippen LogP contribution in [-0.4, -0.2) is 11.2 Å². The number of aromatic nitrogens is 1. The number of fused-ring (bicyclic) bond motifs is 1. The number of hydrogen-bond acceptors (Lipinski definition) is 2. The Morgan fingerprint density at radius 3 is 2.60 bits per heavy atom. The molecule has 2 N–H and O–H groups in total. The van der Waals surface area contributed by atoms with Gasteiger partial charge in [-0.25, -0.2) is 0 Å². The van der Waals surface area contributed by atoms with Crippen molar-refractivity contribution in [3.63, 3.8) is 0 Å². The maximum atomic E-state index is 5.88. The van der Waals surface area contributed by atoms with Gasteiger partial charge in [0.25, 0.3) is 0 Å². The summed E-state index contributed by atoms with van der Waals surface area (Å²) in [6.07, 6.45) is 3.99. The molecule has 1 fully saturated rings. The number of anilines is 1. The molecule has 1 aliphatic rings. The van der Waals surface area contributed by atoms with E-state index in [0.717, 1.165) is 28.4 Å². The van der Waals surface area contributed by atoms with Crippen molar-refractivity contribution in [2.45, 2.75) is 32.7 Å². The highest BCUT2D eigenvalue weighted by Crippen LogP contribution is 2.41. The Labute approximate surface area is 156 Å². The molecule has 1 saturated carbocycles. The third kappa shape index (κ3) is 3.28. The zero-order valence-corrected chi connectivity index (χ0v) is 16.1. The number of benzene rings is 2. The number of ether oxygens (including phenoxy) is 1. The molecule has 0 spiro atoms. The molecular weight excluding hydrogens is 376 g/mol. The largest absolute Gasteiger partial charge is 0.494 e. The maximum absolute atomic E-state index is 5.88. The average Bonchev–Trinajstić information content (AvgIpc) is 3.40. The Kier molecular flexibility index (Phi) is 4.46. The van der Waals surface area contributed by atoms with Gasteiger partial charge in [0.1, 0.15) is 5.75 Å². The van der Waals surface area contributed by atoms with E-state index in [1.54, 1.807) is 0 Å². The van der Waals surface area contributed by atoms with E-state index in [2.05, 4.69) is 50.8 Å². The van der Waals surface area contributed by atoms with Crippen molar-refractivity contribution < 1.29 is 4.74 Å². The molecule has 0 aliphatic heterocycles. The normalized spacial score (nSPS) is 14.2. The summed E-state index contributed by atoms with van der Waals surface area (Å²) in [7, 11) is 0. The minimum absolute atomic E-state index is 0.681. The zero-order chi connectivity index (χ0) is 17.4. The van der Waals surface area contributed by atoms with Gasteiger partial charge in [-0.3, -0.25) is 0 Å². The maximum Gasteiger partial charge on any atom is 0.121 e. The van der Waals surface area contributed by atoms with E-state index in [-0.39, 0.29) is 0 Å². The number of rotatable bonds is 6. The van der Waals surface area contributed by atoms with Crippen LogP contribution in [0.15, 0.2) is 46.9 Å². The van der Waals surface area contributed by atoms with Crippen molar-refractivity contribution in [2.24, 2.45) is 5.92 Å². The van der Waals surface area contributed by atoms with Crippen molar-refractivity contribution in [3.8, 4) is 17.0 Å². The van der Waals surface area contributed by atoms with Crippen molar-refractivity contribution >= 4 is 32.5 Å². The summed E-state index contributed by atoms with van der Waals surface area (Å²) in [5.41, 5.74) is 10.3. The van der Waals surface area contributed by atoms with Crippen LogP contribution in [0.25, 0.3) is 22.2 Å². The number of nitrogen functional groups attached to an aromatic ring is 1. The lowest BCUT2D eigenvalue weighted by molar-refractivity contribution is 0.340. The van der Waals surface area contributed by atoms with E-state index in [0.29, 0.717) is 6.61 Å². The molecule has 4 rings (SSSR count). The molecule has 0 bridgehead atoms. The van der Waals surface area contributed by atoms with Crippen LogP contribution in [0, 0.1) is 5.92 Å². The van der Waals surface area contributed by atoms with Gasteiger partial charge in [-0.2, -0.15) is 0 Å². The minimum Gasteiger partial charge on any atom is -0.494 e. The Balaban J connectivity index is 1.87. The van der Waals surface area contributed by atoms with Crippen LogP contribution in [0.1, 0.15) is 26.2 Å². The Morgan fingerprint density at radius 1 is 1.16 bits per heavy atom. The summed E-state index contributed by atoms with van der Waals surface area (Å²) >= 11 is 3.85. The Morgan fingerprint density at radius 2 is 1.92 bits per heavy atom. The van der Waals surface area contributed by atoms with Crippen LogP contribution >= 0.6 is 15.9 Å². The second-order valence-electron chi connectivity index (χ2n) is 6.78. The van der Waals surface area contributed by atoms with E-state index in [1.807, 2.05) is 19.1 Å². The highest BCUT2D eigenvalue weighted by atomic mass is 79.9. The van der Waals surface area contributed by atoms with Crippen molar-refractivity contribution in [3.05, 3.63) is 46.9 Å². The summed E-state index contributed by atoms with van der Waals surface area (Å²) in [4.78, 5) is 0. The molecule has 0 atom stereocenters. The van der Waals surface area contributed by atoms with E-state index in [1.165, 1.54) is 41.4 Å². The summed E-state index contributed by atoms with van der Waals surface area (Å²) in [6.45, 7) is 3.73. The molecule has 1 heterocycles. The van der Waals surface area contributed by atoms with E-state index >= 15 is 0 Å². The summed E-state index contributed by atoms with van der Waals surface area (Å²) in [6, 6.07) is 14.5. The lowest BCUT2D eigenvalue weighted by atomic mass is 10.1. The third-order valence-corrected chi connectivity index (χ3v) is 5.73. The number of halogens is 1. The lowest BCUT2D eigenvalue weighted by Crippen LogP contribution is -2.02. The van der Waals surface area contributed by atoms with Crippen LogP contribution in [0.3, 0.4) is 0 Å². The van der Waals surface area contributed by atoms with Gasteiger partial charge in [0.05, 0.1) is 22.3 Å². The first-order valence-electron chi connectivity index (χ1n) is 8.98. The van der Waals surface area contributed by atoms with Gasteiger partial charge in [-0.1, -0.05) is 25.0 Å². The predicted molar refractivity (Wildman–Crippen MR) is 108 cm³/mol. The van der Waals surface area contributed by atoms with Crippen molar-refractivity contribution in [2.75, 3.05) is 12.3 Å². The number of hydrogen-bond donors (Lipinski definition) is 1. The van der Waals surface area contributed by atoms with Gasteiger partial charge in [0, 0.05) is 23.7 Å². The van der Waals surface area contributed by atoms with Crippen LogP contribution in [0.2, 0.25) is 0 Å². The average molecular weight is 399 g/mol. The first kappa shape index (κ1) is 16.5. The fourth-order valence-electron chi connectivity index (χ4n) is 3.42. The summed E-state index contributed by atoms with van der Waals surface area (Å²) < 4.78 is 9.31. The molecule has 130 valence electrons. The van der Waals surface area contributed by atoms with Crippen molar-refractivity contribution in [1.82, 2.24) is 4.57 Å². The molecule has 0 saturated heterocycles. The fourth-order valence-corrected chi connectivity index (χ4v) is 4.20. The highest BCUT2D eigenvalue weighted by Gasteiger charge is 2.23. The number of nitrogens with zero attached hydrogens (tertiary/aromatic N) is 1. The fraction of sp³-hybridized carbons (Fsp3) is 0.333. The van der Waals surface area contributed by atoms with Gasteiger partial charge in [-0.15, -0.1) is 0 Å². The number of aryl methyl sites for hydroxylation is 1. The van der Waals surface area contributed by atoms with Crippen molar-refractivity contribution in [1.29, 1.82) is 0 Å². The smallest absolute Gasteiger partial charge is 0.121 e. The first-order chi connectivity index (χ1) is 12.2. The molecule has 4 heteroatoms. The molecular formula is C21H23BrN2O. The monoisotopic (exact) mass is 398 g/mol. The molecule has 0 radical (unpaired) electrons. The summed E-state index contributed by atoms with van der Waals surface area (Å²) in [5.74, 6) is 1.82. The second kappa shape index (κ2) is 6.75. The second-order valence-corrected chi connectivity index (χ2v) is 7.57. The van der Waals surface area contributed by atoms with E-state index < -0.39 is 0 Å². The summed E-state index contributed by atoms with van der Waals surface area (Å²) in [5, 5.41) is 1.23. The van der Waals surface area contributed by atoms with Gasteiger partial charge >= 0.3 is 0 Å². The quantitative estimate of drug-likeness (QED) is 0.528. The molecule has 3 aromatic rings. The first-order valence-corrected chi connectivity index (χ1v) is 9.77.